The molecule has 0 fully saturated rings. The van der Waals surface area contributed by atoms with E-state index < -0.39 is 23.7 Å². The van der Waals surface area contributed by atoms with Crippen LogP contribution >= 0.6 is 11.3 Å². The molecule has 3 nitrogen and oxygen atoms in total. The van der Waals surface area contributed by atoms with Crippen LogP contribution < -0.4 is 4.57 Å². The summed E-state index contributed by atoms with van der Waals surface area (Å²) in [6.45, 7) is 18.4. The number of fused-ring (bicyclic) bond motifs is 7. The number of aliphatic hydroxyl groups is 1. The number of hydrogen-bond donors (Lipinski definition) is 1. The van der Waals surface area contributed by atoms with Gasteiger partial charge in [0.05, 0.1) is 18.1 Å². The number of ether oxygens (including phenoxy) is 1. The molecule has 1 N–H and O–H groups in total. The zero-order chi connectivity index (χ0) is 32.7. The highest BCUT2D eigenvalue weighted by Crippen LogP contribution is 2.53. The lowest BCUT2D eigenvalue weighted by molar-refractivity contribution is -0.712. The molecule has 0 aliphatic carbocycles. The van der Waals surface area contributed by atoms with Crippen LogP contribution in [0.5, 0.6) is 0 Å². The van der Waals surface area contributed by atoms with Gasteiger partial charge in [-0.3, -0.25) is 0 Å². The van der Waals surface area contributed by atoms with E-state index in [1.165, 1.54) is 17.5 Å². The van der Waals surface area contributed by atoms with Crippen molar-refractivity contribution in [3.63, 3.8) is 0 Å². The number of thiophene rings is 1. The maximum Gasteiger partial charge on any atom is 0.422 e. The van der Waals surface area contributed by atoms with Crippen LogP contribution in [0.3, 0.4) is 0 Å². The maximum atomic E-state index is 15.1. The zero-order valence-electron chi connectivity index (χ0n) is 27.0. The number of pyridine rings is 1. The molecule has 45 heavy (non-hydrogen) atoms. The summed E-state index contributed by atoms with van der Waals surface area (Å²) >= 11 is 1.40. The molecular weight excluding hydrogens is 591 g/mol. The molecule has 0 saturated heterocycles. The molecule has 0 bridgehead atoms. The standard InChI is InChI=1S/C38H38F3NO2S/c1-19-14-20(2)30(21(3)15-19)35-22(4)31-29(38(39,40)41)17-42-33(23(5)43)27(18-44-9)32-25-13-11-10-12-24(25)28(37(6,7)8)16-26(32)34(42)36(31)45-35/h10-17,27,33H,5,18H2,1-4,6-9H3/p+1. The van der Waals surface area contributed by atoms with E-state index >= 15 is 13.2 Å². The molecule has 0 saturated carbocycles. The van der Waals surface area contributed by atoms with Crippen molar-refractivity contribution in [1.82, 2.24) is 0 Å². The van der Waals surface area contributed by atoms with Gasteiger partial charge in [0.15, 0.2) is 12.0 Å². The quantitative estimate of drug-likeness (QED) is 0.158. The Bertz CT molecular complexity index is 2010. The van der Waals surface area contributed by atoms with Gasteiger partial charge >= 0.3 is 6.18 Å². The normalized spacial score (nSPS) is 16.7. The largest absolute Gasteiger partial charge is 0.506 e. The van der Waals surface area contributed by atoms with E-state index in [-0.39, 0.29) is 23.2 Å². The highest BCUT2D eigenvalue weighted by Gasteiger charge is 2.48. The van der Waals surface area contributed by atoms with Crippen LogP contribution in [0.4, 0.5) is 13.2 Å². The van der Waals surface area contributed by atoms with Crippen molar-refractivity contribution >= 4 is 32.2 Å². The molecule has 1 aliphatic heterocycles. The number of aryl methyl sites for hydroxylation is 4. The Morgan fingerprint density at radius 1 is 0.978 bits per heavy atom. The Hall–Kier alpha value is -3.68. The Morgan fingerprint density at radius 2 is 1.60 bits per heavy atom. The van der Waals surface area contributed by atoms with Crippen LogP contribution in [0.25, 0.3) is 42.6 Å². The molecule has 0 spiro atoms. The second kappa shape index (κ2) is 10.7. The molecular formula is C38H39F3NO2S+. The highest BCUT2D eigenvalue weighted by atomic mass is 32.1. The molecule has 2 aromatic heterocycles. The van der Waals surface area contributed by atoms with E-state index in [0.29, 0.717) is 16.0 Å². The van der Waals surface area contributed by atoms with Gasteiger partial charge < -0.3 is 9.84 Å². The summed E-state index contributed by atoms with van der Waals surface area (Å²) in [7, 11) is 1.58. The first-order valence-electron chi connectivity index (χ1n) is 15.2. The molecule has 3 aromatic carbocycles. The second-order valence-electron chi connectivity index (χ2n) is 13.5. The van der Waals surface area contributed by atoms with Gasteiger partial charge in [0.25, 0.3) is 0 Å². The van der Waals surface area contributed by atoms with Crippen LogP contribution in [-0.4, -0.2) is 18.8 Å². The fourth-order valence-electron chi connectivity index (χ4n) is 7.57. The summed E-state index contributed by atoms with van der Waals surface area (Å²) < 4.78 is 53.1. The number of benzene rings is 3. The lowest BCUT2D eigenvalue weighted by atomic mass is 9.74. The summed E-state index contributed by atoms with van der Waals surface area (Å²) in [6.07, 6.45) is -3.43. The Balaban J connectivity index is 1.87. The van der Waals surface area contributed by atoms with Gasteiger partial charge in [-0.05, 0) is 83.3 Å². The number of aromatic nitrogens is 1. The van der Waals surface area contributed by atoms with Gasteiger partial charge in [-0.25, -0.2) is 0 Å². The monoisotopic (exact) mass is 630 g/mol. The smallest absolute Gasteiger partial charge is 0.422 e. The Labute approximate surface area is 266 Å². The molecule has 3 heterocycles. The first kappa shape index (κ1) is 31.3. The van der Waals surface area contributed by atoms with Crippen molar-refractivity contribution < 1.29 is 27.6 Å². The second-order valence-corrected chi connectivity index (χ2v) is 14.5. The molecule has 2 atom stereocenters. The van der Waals surface area contributed by atoms with Gasteiger partial charge in [0.2, 0.25) is 11.7 Å². The van der Waals surface area contributed by atoms with Crippen LogP contribution in [0.2, 0.25) is 0 Å². The summed E-state index contributed by atoms with van der Waals surface area (Å²) in [4.78, 5) is 0.830. The van der Waals surface area contributed by atoms with Crippen molar-refractivity contribution in [2.24, 2.45) is 0 Å². The average Bonchev–Trinajstić information content (AvgIpc) is 3.26. The van der Waals surface area contributed by atoms with Crippen molar-refractivity contribution in [2.75, 3.05) is 13.7 Å². The first-order chi connectivity index (χ1) is 21.1. The van der Waals surface area contributed by atoms with Crippen molar-refractivity contribution in [1.29, 1.82) is 0 Å². The van der Waals surface area contributed by atoms with Crippen LogP contribution in [0.1, 0.15) is 71.7 Å². The van der Waals surface area contributed by atoms with Crippen LogP contribution in [0, 0.1) is 27.7 Å². The minimum Gasteiger partial charge on any atom is -0.506 e. The third kappa shape index (κ3) is 4.86. The number of alkyl halides is 3. The molecule has 0 radical (unpaired) electrons. The van der Waals surface area contributed by atoms with Gasteiger partial charge in [-0.2, -0.15) is 17.7 Å². The van der Waals surface area contributed by atoms with E-state index in [2.05, 4.69) is 57.7 Å². The summed E-state index contributed by atoms with van der Waals surface area (Å²) in [5.74, 6) is -0.677. The zero-order valence-corrected chi connectivity index (χ0v) is 27.8. The molecule has 6 rings (SSSR count). The van der Waals surface area contributed by atoms with Gasteiger partial charge in [-0.1, -0.05) is 69.3 Å². The molecule has 234 valence electrons. The van der Waals surface area contributed by atoms with E-state index in [1.54, 1.807) is 18.6 Å². The summed E-state index contributed by atoms with van der Waals surface area (Å²) in [5, 5.41) is 13.4. The Morgan fingerprint density at radius 3 is 2.16 bits per heavy atom. The van der Waals surface area contributed by atoms with Gasteiger partial charge in [-0.15, -0.1) is 11.3 Å². The third-order valence-electron chi connectivity index (χ3n) is 9.26. The molecule has 5 aromatic rings. The van der Waals surface area contributed by atoms with Crippen LogP contribution in [0.15, 0.2) is 61.0 Å². The van der Waals surface area contributed by atoms with E-state index in [9.17, 15) is 5.11 Å². The maximum absolute atomic E-state index is 15.1. The minimum absolute atomic E-state index is 0.193. The number of nitrogens with zero attached hydrogens (tertiary/aromatic N) is 1. The number of methoxy groups -OCH3 is 1. The van der Waals surface area contributed by atoms with E-state index in [0.717, 1.165) is 54.6 Å². The number of rotatable bonds is 4. The topological polar surface area (TPSA) is 33.3 Å². The first-order valence-corrected chi connectivity index (χ1v) is 16.0. The van der Waals surface area contributed by atoms with Crippen molar-refractivity contribution in [3.05, 3.63) is 99.9 Å². The van der Waals surface area contributed by atoms with E-state index in [1.807, 2.05) is 32.9 Å². The SMILES string of the molecule is C=C(O)C1C(COC)c2c(cc(C(C)(C)C)c3ccccc23)-c2c3sc(-c4c(C)cc(C)cc4C)c(C)c3c(C(F)(F)F)c[n+]21. The lowest BCUT2D eigenvalue weighted by Crippen LogP contribution is -2.50. The average molecular weight is 631 g/mol. The molecule has 7 heteroatoms. The molecule has 2 unspecified atom stereocenters. The fraction of sp³-hybridized carbons (Fsp3) is 0.342. The third-order valence-corrected chi connectivity index (χ3v) is 10.6. The van der Waals surface area contributed by atoms with Crippen LogP contribution in [-0.2, 0) is 16.3 Å². The van der Waals surface area contributed by atoms with E-state index in [4.69, 9.17) is 4.74 Å². The fourth-order valence-corrected chi connectivity index (χ4v) is 9.14. The van der Waals surface area contributed by atoms with Gasteiger partial charge in [0.1, 0.15) is 10.3 Å². The van der Waals surface area contributed by atoms with Gasteiger partial charge in [0, 0.05) is 17.4 Å². The number of allylic oxidation sites excluding steroid dienone is 1. The van der Waals surface area contributed by atoms with Crippen molar-refractivity contribution in [2.45, 2.75) is 72.0 Å². The highest BCUT2D eigenvalue weighted by molar-refractivity contribution is 7.23. The summed E-state index contributed by atoms with van der Waals surface area (Å²) in [5.41, 5.74) is 7.37. The van der Waals surface area contributed by atoms with Crippen molar-refractivity contribution in [3.8, 4) is 21.7 Å². The minimum atomic E-state index is -4.63. The number of aliphatic hydroxyl groups excluding tert-OH is 1. The predicted octanol–water partition coefficient (Wildman–Crippen LogP) is 10.6. The Kier molecular flexibility index (Phi) is 7.45. The number of hydrogen-bond acceptors (Lipinski definition) is 3. The number of halogens is 3. The lowest BCUT2D eigenvalue weighted by Gasteiger charge is -2.33. The summed E-state index contributed by atoms with van der Waals surface area (Å²) in [6, 6.07) is 13.6. The predicted molar refractivity (Wildman–Crippen MR) is 178 cm³/mol. The molecule has 0 amide bonds. The molecule has 1 aliphatic rings.